The number of rotatable bonds is 7. The Morgan fingerprint density at radius 1 is 0.840 bits per heavy atom. The van der Waals surface area contributed by atoms with E-state index in [1.807, 2.05) is 60.7 Å². The number of hydrogen-bond donors (Lipinski definition) is 2. The molecule has 3 rings (SSSR count). The fourth-order valence-corrected chi connectivity index (χ4v) is 2.38. The Morgan fingerprint density at radius 2 is 1.44 bits per heavy atom. The molecule has 0 fully saturated rings. The lowest BCUT2D eigenvalue weighted by Crippen LogP contribution is -2.26. The van der Waals surface area contributed by atoms with Crippen molar-refractivity contribution in [1.29, 1.82) is 0 Å². The lowest BCUT2D eigenvalue weighted by Gasteiger charge is -2.07. The molecule has 0 spiro atoms. The number of nitrogens with zero attached hydrogens (tertiary/aromatic N) is 2. The van der Waals surface area contributed by atoms with E-state index >= 15 is 0 Å². The van der Waals surface area contributed by atoms with Gasteiger partial charge < -0.3 is 10.6 Å². The monoisotopic (exact) mass is 332 g/mol. The normalized spacial score (nSPS) is 10.2. The van der Waals surface area contributed by atoms with Gasteiger partial charge in [0, 0.05) is 25.5 Å². The van der Waals surface area contributed by atoms with Crippen molar-refractivity contribution in [3.8, 4) is 0 Å². The van der Waals surface area contributed by atoms with Crippen LogP contribution in [0.4, 0.5) is 5.95 Å². The van der Waals surface area contributed by atoms with Gasteiger partial charge in [-0.25, -0.2) is 9.97 Å². The fraction of sp³-hybridized carbons (Fsp3) is 0.150. The smallest absolute Gasteiger partial charge is 0.254 e. The van der Waals surface area contributed by atoms with Crippen molar-refractivity contribution in [3.63, 3.8) is 0 Å². The number of nitrogens with one attached hydrogen (secondary N) is 2. The number of amides is 1. The van der Waals surface area contributed by atoms with E-state index in [0.29, 0.717) is 24.6 Å². The topological polar surface area (TPSA) is 66.9 Å². The van der Waals surface area contributed by atoms with Gasteiger partial charge in [-0.3, -0.25) is 4.79 Å². The molecule has 0 unspecified atom stereocenters. The van der Waals surface area contributed by atoms with Gasteiger partial charge in [-0.05, 0) is 17.5 Å². The van der Waals surface area contributed by atoms with Crippen LogP contribution in [-0.2, 0) is 13.0 Å². The third kappa shape index (κ3) is 5.14. The molecule has 126 valence electrons. The SMILES string of the molecule is O=C(NCCc1ccccc1)c1cnc(NCc2ccccc2)nc1. The molecule has 25 heavy (non-hydrogen) atoms. The van der Waals surface area contributed by atoms with Crippen molar-refractivity contribution in [3.05, 3.63) is 89.7 Å². The van der Waals surface area contributed by atoms with E-state index in [1.54, 1.807) is 0 Å². The molecule has 2 N–H and O–H groups in total. The van der Waals surface area contributed by atoms with Crippen LogP contribution in [0.5, 0.6) is 0 Å². The summed E-state index contributed by atoms with van der Waals surface area (Å²) in [5, 5.41) is 6.02. The summed E-state index contributed by atoms with van der Waals surface area (Å²) in [4.78, 5) is 20.5. The van der Waals surface area contributed by atoms with E-state index in [-0.39, 0.29) is 5.91 Å². The van der Waals surface area contributed by atoms with Crippen LogP contribution in [0.2, 0.25) is 0 Å². The second kappa shape index (κ2) is 8.59. The molecule has 0 radical (unpaired) electrons. The fourth-order valence-electron chi connectivity index (χ4n) is 2.38. The first-order valence-electron chi connectivity index (χ1n) is 8.23. The number of hydrogen-bond acceptors (Lipinski definition) is 4. The molecule has 0 atom stereocenters. The Kier molecular flexibility index (Phi) is 5.72. The van der Waals surface area contributed by atoms with Gasteiger partial charge in [-0.2, -0.15) is 0 Å². The number of aromatic nitrogens is 2. The lowest BCUT2D eigenvalue weighted by molar-refractivity contribution is 0.0953. The molecule has 0 bridgehead atoms. The standard InChI is InChI=1S/C20H20N4O/c25-19(21-12-11-16-7-3-1-4-8-16)18-14-23-20(24-15-18)22-13-17-9-5-2-6-10-17/h1-10,14-15H,11-13H2,(H,21,25)(H,22,23,24). The Labute approximate surface area is 147 Å². The minimum Gasteiger partial charge on any atom is -0.352 e. The summed E-state index contributed by atoms with van der Waals surface area (Å²) in [6, 6.07) is 20.1. The quantitative estimate of drug-likeness (QED) is 0.698. The number of carbonyl (C=O) groups is 1. The summed E-state index contributed by atoms with van der Waals surface area (Å²) in [5.74, 6) is 0.343. The lowest BCUT2D eigenvalue weighted by atomic mass is 10.1. The maximum atomic E-state index is 12.1. The van der Waals surface area contributed by atoms with Crippen LogP contribution < -0.4 is 10.6 Å². The first-order valence-corrected chi connectivity index (χ1v) is 8.23. The van der Waals surface area contributed by atoms with E-state index < -0.39 is 0 Å². The first kappa shape index (κ1) is 16.6. The summed E-state index contributed by atoms with van der Waals surface area (Å²) in [6.45, 7) is 1.22. The molecule has 0 aliphatic rings. The molecule has 0 aliphatic carbocycles. The molecule has 0 saturated heterocycles. The second-order valence-electron chi connectivity index (χ2n) is 5.63. The van der Waals surface area contributed by atoms with E-state index in [0.717, 1.165) is 12.0 Å². The minimum atomic E-state index is -0.162. The van der Waals surface area contributed by atoms with Crippen LogP contribution in [-0.4, -0.2) is 22.4 Å². The van der Waals surface area contributed by atoms with Gasteiger partial charge in [-0.15, -0.1) is 0 Å². The maximum absolute atomic E-state index is 12.1. The van der Waals surface area contributed by atoms with E-state index in [4.69, 9.17) is 0 Å². The van der Waals surface area contributed by atoms with E-state index in [9.17, 15) is 4.79 Å². The first-order chi connectivity index (χ1) is 12.3. The van der Waals surface area contributed by atoms with Crippen molar-refractivity contribution < 1.29 is 4.79 Å². The van der Waals surface area contributed by atoms with Crippen molar-refractivity contribution in [2.75, 3.05) is 11.9 Å². The Hall–Kier alpha value is -3.21. The summed E-state index contributed by atoms with van der Waals surface area (Å²) < 4.78 is 0. The van der Waals surface area contributed by atoms with Crippen molar-refractivity contribution >= 4 is 11.9 Å². The third-order valence-electron chi connectivity index (χ3n) is 3.75. The summed E-state index contributed by atoms with van der Waals surface area (Å²) >= 11 is 0. The highest BCUT2D eigenvalue weighted by atomic mass is 16.1. The summed E-state index contributed by atoms with van der Waals surface area (Å²) in [6.07, 6.45) is 3.88. The molecule has 1 amide bonds. The molecular formula is C20H20N4O. The molecule has 0 saturated carbocycles. The molecule has 5 heteroatoms. The summed E-state index contributed by atoms with van der Waals surface area (Å²) in [7, 11) is 0. The molecule has 1 aromatic heterocycles. The van der Waals surface area contributed by atoms with Crippen molar-refractivity contribution in [2.45, 2.75) is 13.0 Å². The van der Waals surface area contributed by atoms with Crippen LogP contribution in [0, 0.1) is 0 Å². The average molecular weight is 332 g/mol. The number of anilines is 1. The highest BCUT2D eigenvalue weighted by molar-refractivity contribution is 5.93. The minimum absolute atomic E-state index is 0.162. The zero-order chi connectivity index (χ0) is 17.3. The van der Waals surface area contributed by atoms with E-state index in [1.165, 1.54) is 18.0 Å². The third-order valence-corrected chi connectivity index (χ3v) is 3.75. The number of carbonyl (C=O) groups excluding carboxylic acids is 1. The number of benzene rings is 2. The van der Waals surface area contributed by atoms with Gasteiger partial charge in [0.15, 0.2) is 0 Å². The van der Waals surface area contributed by atoms with Crippen LogP contribution in [0.3, 0.4) is 0 Å². The van der Waals surface area contributed by atoms with Gasteiger partial charge in [0.25, 0.3) is 5.91 Å². The van der Waals surface area contributed by atoms with Crippen LogP contribution in [0.1, 0.15) is 21.5 Å². The Balaban J connectivity index is 1.47. The van der Waals surface area contributed by atoms with Gasteiger partial charge in [0.05, 0.1) is 5.56 Å². The van der Waals surface area contributed by atoms with Crippen molar-refractivity contribution in [2.24, 2.45) is 0 Å². The molecule has 3 aromatic rings. The second-order valence-corrected chi connectivity index (χ2v) is 5.63. The highest BCUT2D eigenvalue weighted by Crippen LogP contribution is 2.05. The molecule has 2 aromatic carbocycles. The van der Waals surface area contributed by atoms with Gasteiger partial charge >= 0.3 is 0 Å². The highest BCUT2D eigenvalue weighted by Gasteiger charge is 2.06. The van der Waals surface area contributed by atoms with Gasteiger partial charge in [0.2, 0.25) is 5.95 Å². The zero-order valence-corrected chi connectivity index (χ0v) is 13.9. The predicted molar refractivity (Wildman–Crippen MR) is 98.3 cm³/mol. The van der Waals surface area contributed by atoms with Crippen LogP contribution in [0.25, 0.3) is 0 Å². The van der Waals surface area contributed by atoms with Gasteiger partial charge in [-0.1, -0.05) is 60.7 Å². The summed E-state index contributed by atoms with van der Waals surface area (Å²) in [5.41, 5.74) is 2.80. The van der Waals surface area contributed by atoms with Crippen molar-refractivity contribution in [1.82, 2.24) is 15.3 Å². The Bertz CT molecular complexity index is 789. The molecule has 0 aliphatic heterocycles. The van der Waals surface area contributed by atoms with E-state index in [2.05, 4.69) is 20.6 Å². The molecule has 1 heterocycles. The average Bonchev–Trinajstić information content (AvgIpc) is 2.68. The zero-order valence-electron chi connectivity index (χ0n) is 13.9. The van der Waals surface area contributed by atoms with Gasteiger partial charge in [0.1, 0.15) is 0 Å². The van der Waals surface area contributed by atoms with Crippen LogP contribution in [0.15, 0.2) is 73.1 Å². The van der Waals surface area contributed by atoms with Crippen LogP contribution >= 0.6 is 0 Å². The Morgan fingerprint density at radius 3 is 2.08 bits per heavy atom. The maximum Gasteiger partial charge on any atom is 0.254 e. The molecule has 5 nitrogen and oxygen atoms in total. The predicted octanol–water partition coefficient (Wildman–Crippen LogP) is 3.06. The largest absolute Gasteiger partial charge is 0.352 e. The molecular weight excluding hydrogens is 312 g/mol.